The minimum atomic E-state index is 0.527. The molecule has 2 N–H and O–H groups in total. The topological polar surface area (TPSA) is 56.7 Å². The van der Waals surface area contributed by atoms with Crippen LogP contribution in [0, 0.1) is 0 Å². The van der Waals surface area contributed by atoms with Crippen LogP contribution in [0.15, 0.2) is 30.7 Å². The van der Waals surface area contributed by atoms with Gasteiger partial charge in [-0.3, -0.25) is 0 Å². The van der Waals surface area contributed by atoms with Crippen molar-refractivity contribution in [2.75, 3.05) is 5.73 Å². The second-order valence-electron chi connectivity index (χ2n) is 3.48. The van der Waals surface area contributed by atoms with E-state index in [1.807, 2.05) is 23.1 Å². The molecule has 4 nitrogen and oxygen atoms in total. The Hall–Kier alpha value is -1.84. The van der Waals surface area contributed by atoms with Crippen molar-refractivity contribution in [3.63, 3.8) is 0 Å². The molecule has 0 aliphatic carbocycles. The van der Waals surface area contributed by atoms with Crippen LogP contribution in [0.25, 0.3) is 5.69 Å². The number of nitrogens with two attached hydrogens (primary N) is 1. The molecule has 0 radical (unpaired) electrons. The summed E-state index contributed by atoms with van der Waals surface area (Å²) in [5, 5.41) is 4.27. The third kappa shape index (κ3) is 2.15. The summed E-state index contributed by atoms with van der Waals surface area (Å²) in [6, 6.07) is 3.68. The quantitative estimate of drug-likeness (QED) is 0.825. The van der Waals surface area contributed by atoms with Gasteiger partial charge in [-0.05, 0) is 24.1 Å². The van der Waals surface area contributed by atoms with Crippen LogP contribution in [0.4, 0.5) is 5.82 Å². The van der Waals surface area contributed by atoms with Gasteiger partial charge in [0.2, 0.25) is 0 Å². The van der Waals surface area contributed by atoms with E-state index in [0.717, 1.165) is 18.5 Å². The van der Waals surface area contributed by atoms with Gasteiger partial charge in [-0.15, -0.1) is 0 Å². The van der Waals surface area contributed by atoms with E-state index in [9.17, 15) is 0 Å². The van der Waals surface area contributed by atoms with Gasteiger partial charge in [0.15, 0.2) is 0 Å². The van der Waals surface area contributed by atoms with E-state index < -0.39 is 0 Å². The van der Waals surface area contributed by atoms with Crippen LogP contribution in [-0.4, -0.2) is 14.8 Å². The molecule has 0 spiro atoms. The first-order valence-corrected chi connectivity index (χ1v) is 5.05. The average Bonchev–Trinajstić information content (AvgIpc) is 2.68. The average molecular weight is 202 g/mol. The van der Waals surface area contributed by atoms with Gasteiger partial charge in [-0.25, -0.2) is 9.67 Å². The van der Waals surface area contributed by atoms with Crippen LogP contribution >= 0.6 is 0 Å². The first-order valence-electron chi connectivity index (χ1n) is 5.05. The molecule has 0 amide bonds. The molecule has 0 aliphatic rings. The predicted octanol–water partition coefficient (Wildman–Crippen LogP) is 1.80. The van der Waals surface area contributed by atoms with Gasteiger partial charge in [0.05, 0.1) is 18.1 Å². The molecule has 0 bridgehead atoms. The van der Waals surface area contributed by atoms with Gasteiger partial charge in [0.25, 0.3) is 0 Å². The molecular formula is C11H14N4. The lowest BCUT2D eigenvalue weighted by atomic mass is 10.2. The number of rotatable bonds is 3. The predicted molar refractivity (Wildman–Crippen MR) is 59.8 cm³/mol. The van der Waals surface area contributed by atoms with E-state index in [1.54, 1.807) is 12.3 Å². The molecule has 0 fully saturated rings. The highest BCUT2D eigenvalue weighted by Crippen LogP contribution is 2.09. The summed E-state index contributed by atoms with van der Waals surface area (Å²) in [4.78, 5) is 4.03. The number of hydrogen-bond acceptors (Lipinski definition) is 3. The number of aromatic nitrogens is 3. The normalized spacial score (nSPS) is 10.5. The second-order valence-corrected chi connectivity index (χ2v) is 3.48. The Morgan fingerprint density at radius 1 is 1.33 bits per heavy atom. The van der Waals surface area contributed by atoms with Crippen LogP contribution in [0.3, 0.4) is 0 Å². The van der Waals surface area contributed by atoms with E-state index in [1.165, 1.54) is 5.56 Å². The SMILES string of the molecule is CCCc1cnn(-c2ccc(N)nc2)c1. The van der Waals surface area contributed by atoms with E-state index in [2.05, 4.69) is 17.0 Å². The number of anilines is 1. The van der Waals surface area contributed by atoms with Crippen LogP contribution in [0.1, 0.15) is 18.9 Å². The molecule has 0 atom stereocenters. The standard InChI is InChI=1S/C11H14N4/c1-2-3-9-6-14-15(8-9)10-4-5-11(12)13-7-10/h4-8H,2-3H2,1H3,(H2,12,13). The van der Waals surface area contributed by atoms with Crippen molar-refractivity contribution in [2.24, 2.45) is 0 Å². The monoisotopic (exact) mass is 202 g/mol. The summed E-state index contributed by atoms with van der Waals surface area (Å²) in [6.45, 7) is 2.15. The van der Waals surface area contributed by atoms with Gasteiger partial charge >= 0.3 is 0 Å². The Morgan fingerprint density at radius 3 is 2.87 bits per heavy atom. The van der Waals surface area contributed by atoms with E-state index in [0.29, 0.717) is 5.82 Å². The Labute approximate surface area is 88.8 Å². The molecule has 78 valence electrons. The van der Waals surface area contributed by atoms with Crippen molar-refractivity contribution >= 4 is 5.82 Å². The van der Waals surface area contributed by atoms with Gasteiger partial charge in [0, 0.05) is 6.20 Å². The molecule has 2 rings (SSSR count). The van der Waals surface area contributed by atoms with Gasteiger partial charge in [0.1, 0.15) is 5.82 Å². The fourth-order valence-corrected chi connectivity index (χ4v) is 1.45. The first kappa shape index (κ1) is 9.71. The van der Waals surface area contributed by atoms with E-state index in [-0.39, 0.29) is 0 Å². The zero-order valence-corrected chi connectivity index (χ0v) is 8.72. The summed E-state index contributed by atoms with van der Waals surface area (Å²) in [5.74, 6) is 0.527. The number of aryl methyl sites for hydroxylation is 1. The minimum absolute atomic E-state index is 0.527. The summed E-state index contributed by atoms with van der Waals surface area (Å²) in [7, 11) is 0. The third-order valence-electron chi connectivity index (χ3n) is 2.21. The highest BCUT2D eigenvalue weighted by molar-refractivity contribution is 5.36. The highest BCUT2D eigenvalue weighted by Gasteiger charge is 2.00. The van der Waals surface area contributed by atoms with Crippen molar-refractivity contribution in [1.29, 1.82) is 0 Å². The fraction of sp³-hybridized carbons (Fsp3) is 0.273. The van der Waals surface area contributed by atoms with Crippen LogP contribution < -0.4 is 5.73 Å². The van der Waals surface area contributed by atoms with Crippen LogP contribution in [0.2, 0.25) is 0 Å². The van der Waals surface area contributed by atoms with Crippen molar-refractivity contribution < 1.29 is 0 Å². The van der Waals surface area contributed by atoms with E-state index >= 15 is 0 Å². The number of pyridine rings is 1. The van der Waals surface area contributed by atoms with Gasteiger partial charge in [-0.1, -0.05) is 13.3 Å². The molecule has 4 heteroatoms. The molecule has 15 heavy (non-hydrogen) atoms. The smallest absolute Gasteiger partial charge is 0.123 e. The zero-order chi connectivity index (χ0) is 10.7. The third-order valence-corrected chi connectivity index (χ3v) is 2.21. The Bertz CT molecular complexity index is 430. The van der Waals surface area contributed by atoms with Crippen molar-refractivity contribution in [3.8, 4) is 5.69 Å². The van der Waals surface area contributed by atoms with Crippen molar-refractivity contribution in [2.45, 2.75) is 19.8 Å². The Balaban J connectivity index is 2.25. The maximum atomic E-state index is 5.52. The summed E-state index contributed by atoms with van der Waals surface area (Å²) in [5.41, 5.74) is 7.70. The molecular weight excluding hydrogens is 188 g/mol. The zero-order valence-electron chi connectivity index (χ0n) is 8.72. The Morgan fingerprint density at radius 2 is 2.20 bits per heavy atom. The summed E-state index contributed by atoms with van der Waals surface area (Å²) >= 11 is 0. The largest absolute Gasteiger partial charge is 0.384 e. The summed E-state index contributed by atoms with van der Waals surface area (Å²) in [6.07, 6.45) is 7.82. The fourth-order valence-electron chi connectivity index (χ4n) is 1.45. The maximum Gasteiger partial charge on any atom is 0.123 e. The molecule has 0 saturated carbocycles. The molecule has 0 unspecified atom stereocenters. The highest BCUT2D eigenvalue weighted by atomic mass is 15.3. The second kappa shape index (κ2) is 4.13. The lowest BCUT2D eigenvalue weighted by molar-refractivity contribution is 0.871. The molecule has 0 saturated heterocycles. The minimum Gasteiger partial charge on any atom is -0.384 e. The molecule has 0 aliphatic heterocycles. The molecule has 2 heterocycles. The van der Waals surface area contributed by atoms with Gasteiger partial charge < -0.3 is 5.73 Å². The summed E-state index contributed by atoms with van der Waals surface area (Å²) < 4.78 is 1.82. The van der Waals surface area contributed by atoms with Crippen molar-refractivity contribution in [1.82, 2.24) is 14.8 Å². The number of hydrogen-bond donors (Lipinski definition) is 1. The maximum absolute atomic E-state index is 5.52. The van der Waals surface area contributed by atoms with Crippen LogP contribution in [-0.2, 0) is 6.42 Å². The van der Waals surface area contributed by atoms with Crippen LogP contribution in [0.5, 0.6) is 0 Å². The molecule has 0 aromatic carbocycles. The van der Waals surface area contributed by atoms with Gasteiger partial charge in [-0.2, -0.15) is 5.10 Å². The van der Waals surface area contributed by atoms with Crippen molar-refractivity contribution in [3.05, 3.63) is 36.3 Å². The molecule has 2 aromatic heterocycles. The number of nitrogens with zero attached hydrogens (tertiary/aromatic N) is 3. The number of nitrogen functional groups attached to an aromatic ring is 1. The lowest BCUT2D eigenvalue weighted by Crippen LogP contribution is -1.96. The Kier molecular flexibility index (Phi) is 2.67. The van der Waals surface area contributed by atoms with E-state index in [4.69, 9.17) is 5.73 Å². The first-order chi connectivity index (χ1) is 7.29. The molecule has 2 aromatic rings. The lowest BCUT2D eigenvalue weighted by Gasteiger charge is -1.99.